The highest BCUT2D eigenvalue weighted by Gasteiger charge is 2.27. The first-order chi connectivity index (χ1) is 9.13. The van der Waals surface area contributed by atoms with Crippen LogP contribution in [0, 0.1) is 0 Å². The highest BCUT2D eigenvalue weighted by molar-refractivity contribution is 9.10. The van der Waals surface area contributed by atoms with Gasteiger partial charge in [-0.15, -0.1) is 12.6 Å². The molecule has 1 aliphatic carbocycles. The van der Waals surface area contributed by atoms with E-state index in [0.717, 1.165) is 30.2 Å². The molecule has 1 aromatic rings. The van der Waals surface area contributed by atoms with Crippen molar-refractivity contribution in [1.82, 2.24) is 4.90 Å². The largest absolute Gasteiger partial charge is 0.395 e. The second-order valence-electron chi connectivity index (χ2n) is 4.82. The maximum Gasteiger partial charge on any atom is 0.255 e. The molecule has 0 unspecified atom stereocenters. The Labute approximate surface area is 127 Å². The summed E-state index contributed by atoms with van der Waals surface area (Å²) in [5.74, 6) is -0.0292. The molecule has 0 heterocycles. The highest BCUT2D eigenvalue weighted by atomic mass is 79.9. The van der Waals surface area contributed by atoms with E-state index in [0.29, 0.717) is 17.0 Å². The Balaban J connectivity index is 2.22. The summed E-state index contributed by atoms with van der Waals surface area (Å²) in [5, 5.41) is 9.19. The number of aliphatic hydroxyl groups is 1. The van der Waals surface area contributed by atoms with Crippen LogP contribution in [-0.4, -0.2) is 35.1 Å². The number of rotatable bonds is 4. The summed E-state index contributed by atoms with van der Waals surface area (Å²) in [7, 11) is 0. The lowest BCUT2D eigenvalue weighted by atomic mass is 10.1. The summed E-state index contributed by atoms with van der Waals surface area (Å²) in [6, 6.07) is 5.71. The fraction of sp³-hybridized carbons (Fsp3) is 0.500. The van der Waals surface area contributed by atoms with E-state index in [9.17, 15) is 9.90 Å². The first kappa shape index (κ1) is 14.9. The van der Waals surface area contributed by atoms with Crippen molar-refractivity contribution in [2.45, 2.75) is 36.6 Å². The van der Waals surface area contributed by atoms with Gasteiger partial charge in [0.05, 0.1) is 12.2 Å². The number of carbonyl (C=O) groups is 1. The van der Waals surface area contributed by atoms with E-state index in [1.807, 2.05) is 12.1 Å². The fourth-order valence-corrected chi connectivity index (χ4v) is 3.46. The molecule has 0 aromatic heterocycles. The molecule has 2 rings (SSSR count). The topological polar surface area (TPSA) is 40.5 Å². The molecule has 104 valence electrons. The molecular weight excluding hydrogens is 326 g/mol. The van der Waals surface area contributed by atoms with Gasteiger partial charge in [0.25, 0.3) is 5.91 Å². The van der Waals surface area contributed by atoms with E-state index in [1.54, 1.807) is 11.0 Å². The van der Waals surface area contributed by atoms with Gasteiger partial charge in [-0.25, -0.2) is 0 Å². The number of carbonyl (C=O) groups excluding carboxylic acids is 1. The normalized spacial score (nSPS) is 15.7. The first-order valence-corrected chi connectivity index (χ1v) is 7.78. The summed E-state index contributed by atoms with van der Waals surface area (Å²) >= 11 is 7.74. The van der Waals surface area contributed by atoms with E-state index >= 15 is 0 Å². The molecule has 1 fully saturated rings. The van der Waals surface area contributed by atoms with Crippen LogP contribution in [0.3, 0.4) is 0 Å². The minimum atomic E-state index is -0.0292. The van der Waals surface area contributed by atoms with Gasteiger partial charge in [0.2, 0.25) is 0 Å². The van der Waals surface area contributed by atoms with Crippen molar-refractivity contribution in [1.29, 1.82) is 0 Å². The van der Waals surface area contributed by atoms with Crippen LogP contribution in [0.4, 0.5) is 0 Å². The third kappa shape index (κ3) is 3.52. The second kappa shape index (κ2) is 6.77. The average Bonchev–Trinajstić information content (AvgIpc) is 2.89. The van der Waals surface area contributed by atoms with E-state index in [1.165, 1.54) is 0 Å². The zero-order valence-electron chi connectivity index (χ0n) is 10.7. The molecule has 3 nitrogen and oxygen atoms in total. The van der Waals surface area contributed by atoms with Crippen molar-refractivity contribution in [3.63, 3.8) is 0 Å². The molecule has 1 aromatic carbocycles. The zero-order chi connectivity index (χ0) is 13.8. The van der Waals surface area contributed by atoms with Crippen molar-refractivity contribution < 1.29 is 9.90 Å². The van der Waals surface area contributed by atoms with Gasteiger partial charge in [-0.05, 0) is 31.0 Å². The SMILES string of the molecule is O=C(c1ccc(Br)cc1S)N(CCO)C1CCCC1. The summed E-state index contributed by atoms with van der Waals surface area (Å²) in [6.07, 6.45) is 4.39. The number of benzene rings is 1. The van der Waals surface area contributed by atoms with Crippen LogP contribution in [-0.2, 0) is 0 Å². The van der Waals surface area contributed by atoms with Crippen LogP contribution in [0.25, 0.3) is 0 Å². The number of hydrogen-bond acceptors (Lipinski definition) is 3. The fourth-order valence-electron chi connectivity index (χ4n) is 2.61. The molecule has 1 aliphatic rings. The minimum Gasteiger partial charge on any atom is -0.395 e. The number of aliphatic hydroxyl groups excluding tert-OH is 1. The summed E-state index contributed by atoms with van der Waals surface area (Å²) in [6.45, 7) is 0.396. The van der Waals surface area contributed by atoms with Crippen molar-refractivity contribution in [3.05, 3.63) is 28.2 Å². The molecule has 0 spiro atoms. The molecule has 1 saturated carbocycles. The molecule has 1 N–H and O–H groups in total. The monoisotopic (exact) mass is 343 g/mol. The number of thiol groups is 1. The maximum atomic E-state index is 12.6. The molecule has 19 heavy (non-hydrogen) atoms. The van der Waals surface area contributed by atoms with Crippen LogP contribution in [0.15, 0.2) is 27.6 Å². The van der Waals surface area contributed by atoms with Crippen LogP contribution < -0.4 is 0 Å². The van der Waals surface area contributed by atoms with Gasteiger partial charge in [-0.2, -0.15) is 0 Å². The highest BCUT2D eigenvalue weighted by Crippen LogP contribution is 2.27. The van der Waals surface area contributed by atoms with Crippen molar-refractivity contribution in [2.24, 2.45) is 0 Å². The van der Waals surface area contributed by atoms with Gasteiger partial charge in [0.15, 0.2) is 0 Å². The van der Waals surface area contributed by atoms with Gasteiger partial charge >= 0.3 is 0 Å². The van der Waals surface area contributed by atoms with Gasteiger partial charge in [-0.1, -0.05) is 28.8 Å². The molecule has 0 aliphatic heterocycles. The summed E-state index contributed by atoms with van der Waals surface area (Å²) in [4.78, 5) is 15.1. The second-order valence-corrected chi connectivity index (χ2v) is 6.22. The molecule has 1 amide bonds. The molecule has 0 bridgehead atoms. The average molecular weight is 344 g/mol. The molecule has 0 saturated heterocycles. The molecular formula is C14H18BrNO2S. The smallest absolute Gasteiger partial charge is 0.255 e. The Morgan fingerprint density at radius 3 is 2.68 bits per heavy atom. The minimum absolute atomic E-state index is 0.000667. The standard InChI is InChI=1S/C14H18BrNO2S/c15-10-5-6-12(13(19)9-10)14(18)16(7-8-17)11-3-1-2-4-11/h5-6,9,11,17,19H,1-4,7-8H2. The Morgan fingerprint density at radius 2 is 2.11 bits per heavy atom. The zero-order valence-corrected chi connectivity index (χ0v) is 13.2. The van der Waals surface area contributed by atoms with E-state index in [-0.39, 0.29) is 18.6 Å². The Hall–Kier alpha value is -0.520. The number of hydrogen-bond donors (Lipinski definition) is 2. The summed E-state index contributed by atoms with van der Waals surface area (Å²) < 4.78 is 0.906. The Bertz CT molecular complexity index is 461. The first-order valence-electron chi connectivity index (χ1n) is 6.54. The lowest BCUT2D eigenvalue weighted by Gasteiger charge is -2.28. The predicted molar refractivity (Wildman–Crippen MR) is 81.8 cm³/mol. The molecule has 0 radical (unpaired) electrons. The van der Waals surface area contributed by atoms with Gasteiger partial charge in [-0.3, -0.25) is 4.79 Å². The number of halogens is 1. The van der Waals surface area contributed by atoms with Gasteiger partial charge < -0.3 is 10.0 Å². The quantitative estimate of drug-likeness (QED) is 0.824. The Morgan fingerprint density at radius 1 is 1.42 bits per heavy atom. The third-order valence-corrected chi connectivity index (χ3v) is 4.42. The van der Waals surface area contributed by atoms with Crippen LogP contribution in [0.2, 0.25) is 0 Å². The predicted octanol–water partition coefficient (Wildman–Crippen LogP) is 3.11. The maximum absolute atomic E-state index is 12.6. The van der Waals surface area contributed by atoms with Crippen LogP contribution in [0.5, 0.6) is 0 Å². The van der Waals surface area contributed by atoms with Crippen molar-refractivity contribution in [3.8, 4) is 0 Å². The van der Waals surface area contributed by atoms with E-state index in [2.05, 4.69) is 28.6 Å². The lowest BCUT2D eigenvalue weighted by Crippen LogP contribution is -2.40. The van der Waals surface area contributed by atoms with E-state index < -0.39 is 0 Å². The van der Waals surface area contributed by atoms with Crippen molar-refractivity contribution >= 4 is 34.5 Å². The van der Waals surface area contributed by atoms with E-state index in [4.69, 9.17) is 0 Å². The Kier molecular flexibility index (Phi) is 5.30. The van der Waals surface area contributed by atoms with Crippen LogP contribution >= 0.6 is 28.6 Å². The number of nitrogens with zero attached hydrogens (tertiary/aromatic N) is 1. The van der Waals surface area contributed by atoms with Crippen LogP contribution in [0.1, 0.15) is 36.0 Å². The van der Waals surface area contributed by atoms with Gasteiger partial charge in [0.1, 0.15) is 0 Å². The molecule has 0 atom stereocenters. The molecule has 5 heteroatoms. The summed E-state index contributed by atoms with van der Waals surface area (Å²) in [5.41, 5.74) is 0.604. The van der Waals surface area contributed by atoms with Gasteiger partial charge in [0, 0.05) is 22.0 Å². The van der Waals surface area contributed by atoms with Crippen molar-refractivity contribution in [2.75, 3.05) is 13.2 Å². The number of amides is 1. The lowest BCUT2D eigenvalue weighted by molar-refractivity contribution is 0.0634. The third-order valence-electron chi connectivity index (χ3n) is 3.56.